The fourth-order valence-electron chi connectivity index (χ4n) is 1.40. The summed E-state index contributed by atoms with van der Waals surface area (Å²) in [5.74, 6) is 0.630. The zero-order chi connectivity index (χ0) is 12.3. The quantitative estimate of drug-likeness (QED) is 0.931. The summed E-state index contributed by atoms with van der Waals surface area (Å²) in [7, 11) is 1.61. The largest absolute Gasteiger partial charge is 0.481 e. The van der Waals surface area contributed by atoms with Crippen molar-refractivity contribution in [1.29, 1.82) is 0 Å². The second kappa shape index (κ2) is 5.51. The summed E-state index contributed by atoms with van der Waals surface area (Å²) < 4.78 is 6.18. The van der Waals surface area contributed by atoms with Crippen LogP contribution in [0.25, 0.3) is 0 Å². The molecule has 0 atom stereocenters. The van der Waals surface area contributed by atoms with Crippen LogP contribution in [0.15, 0.2) is 28.9 Å². The van der Waals surface area contributed by atoms with Gasteiger partial charge in [-0.1, -0.05) is 0 Å². The molecule has 5 heteroatoms. The molecule has 2 heterocycles. The van der Waals surface area contributed by atoms with E-state index < -0.39 is 0 Å². The Labute approximate surface area is 113 Å². The van der Waals surface area contributed by atoms with Gasteiger partial charge in [-0.2, -0.15) is 0 Å². The average molecular weight is 313 g/mol. The van der Waals surface area contributed by atoms with Gasteiger partial charge in [-0.15, -0.1) is 11.3 Å². The third kappa shape index (κ3) is 3.20. The van der Waals surface area contributed by atoms with Crippen LogP contribution >= 0.6 is 27.3 Å². The number of hydrogen-bond donors (Lipinski definition) is 1. The van der Waals surface area contributed by atoms with Crippen molar-refractivity contribution in [3.8, 4) is 5.88 Å². The van der Waals surface area contributed by atoms with Crippen LogP contribution in [0.4, 0.5) is 5.69 Å². The molecule has 0 saturated heterocycles. The zero-order valence-corrected chi connectivity index (χ0v) is 12.1. The highest BCUT2D eigenvalue weighted by Crippen LogP contribution is 2.26. The van der Waals surface area contributed by atoms with Crippen LogP contribution in [0, 0.1) is 6.92 Å². The van der Waals surface area contributed by atoms with E-state index in [9.17, 15) is 0 Å². The van der Waals surface area contributed by atoms with Crippen molar-refractivity contribution in [2.75, 3.05) is 12.4 Å². The second-order valence-corrected chi connectivity index (χ2v) is 5.75. The van der Waals surface area contributed by atoms with Crippen LogP contribution in [0.3, 0.4) is 0 Å². The molecule has 0 radical (unpaired) electrons. The minimum atomic E-state index is 0.630. The number of pyridine rings is 1. The van der Waals surface area contributed by atoms with Gasteiger partial charge in [0.15, 0.2) is 0 Å². The van der Waals surface area contributed by atoms with E-state index in [1.165, 1.54) is 14.2 Å². The number of methoxy groups -OCH3 is 1. The van der Waals surface area contributed by atoms with Crippen molar-refractivity contribution in [1.82, 2.24) is 4.98 Å². The Hall–Kier alpha value is -1.07. The van der Waals surface area contributed by atoms with Gasteiger partial charge in [0.1, 0.15) is 0 Å². The van der Waals surface area contributed by atoms with Gasteiger partial charge in [0.05, 0.1) is 19.0 Å². The summed E-state index contributed by atoms with van der Waals surface area (Å²) in [6.45, 7) is 2.91. The van der Waals surface area contributed by atoms with Crippen LogP contribution in [0.1, 0.15) is 9.75 Å². The molecule has 0 unspecified atom stereocenters. The number of anilines is 1. The summed E-state index contributed by atoms with van der Waals surface area (Å²) in [5.41, 5.74) is 0.993. The van der Waals surface area contributed by atoms with Gasteiger partial charge >= 0.3 is 0 Å². The molecule has 3 nitrogen and oxygen atoms in total. The number of aromatic nitrogens is 1. The maximum atomic E-state index is 5.01. The number of rotatable bonds is 4. The summed E-state index contributed by atoms with van der Waals surface area (Å²) >= 11 is 5.30. The van der Waals surface area contributed by atoms with E-state index >= 15 is 0 Å². The Morgan fingerprint density at radius 3 is 2.82 bits per heavy atom. The lowest BCUT2D eigenvalue weighted by Crippen LogP contribution is -1.98. The molecule has 90 valence electrons. The zero-order valence-electron chi connectivity index (χ0n) is 9.66. The van der Waals surface area contributed by atoms with Crippen LogP contribution in [-0.4, -0.2) is 12.1 Å². The van der Waals surface area contributed by atoms with Crippen molar-refractivity contribution in [3.63, 3.8) is 0 Å². The Morgan fingerprint density at radius 2 is 2.29 bits per heavy atom. The van der Waals surface area contributed by atoms with E-state index in [1.54, 1.807) is 24.6 Å². The first-order chi connectivity index (χ1) is 8.19. The predicted octanol–water partition coefficient (Wildman–Crippen LogP) is 3.83. The minimum absolute atomic E-state index is 0.630. The maximum Gasteiger partial charge on any atom is 0.213 e. The summed E-state index contributed by atoms with van der Waals surface area (Å²) in [4.78, 5) is 6.74. The molecule has 2 rings (SSSR count). The van der Waals surface area contributed by atoms with E-state index in [0.717, 1.165) is 12.2 Å². The molecule has 1 N–H and O–H groups in total. The summed E-state index contributed by atoms with van der Waals surface area (Å²) in [6, 6.07) is 5.95. The molecule has 17 heavy (non-hydrogen) atoms. The number of hydrogen-bond acceptors (Lipinski definition) is 4. The third-order valence-electron chi connectivity index (χ3n) is 2.32. The molecule has 0 fully saturated rings. The lowest BCUT2D eigenvalue weighted by atomic mass is 10.4. The Kier molecular flexibility index (Phi) is 4.02. The van der Waals surface area contributed by atoms with Crippen LogP contribution in [-0.2, 0) is 6.54 Å². The predicted molar refractivity (Wildman–Crippen MR) is 74.9 cm³/mol. The van der Waals surface area contributed by atoms with Crippen molar-refractivity contribution >= 4 is 33.0 Å². The van der Waals surface area contributed by atoms with Gasteiger partial charge in [-0.3, -0.25) is 0 Å². The standard InChI is InChI=1S/C12H13BrN2OS/c1-8-11(13)5-10(17-8)7-14-9-3-4-12(16-2)15-6-9/h3-6,14H,7H2,1-2H3. The molecular weight excluding hydrogens is 300 g/mol. The number of nitrogens with zero attached hydrogens (tertiary/aromatic N) is 1. The Balaban J connectivity index is 1.97. The van der Waals surface area contributed by atoms with Crippen molar-refractivity contribution in [2.24, 2.45) is 0 Å². The number of thiophene rings is 1. The van der Waals surface area contributed by atoms with Crippen molar-refractivity contribution in [3.05, 3.63) is 38.6 Å². The number of ether oxygens (including phenoxy) is 1. The Morgan fingerprint density at radius 1 is 1.47 bits per heavy atom. The second-order valence-electron chi connectivity index (χ2n) is 3.56. The topological polar surface area (TPSA) is 34.1 Å². The Bertz CT molecular complexity index is 476. The fraction of sp³-hybridized carbons (Fsp3) is 0.250. The smallest absolute Gasteiger partial charge is 0.213 e. The first-order valence-corrected chi connectivity index (χ1v) is 6.78. The number of aryl methyl sites for hydroxylation is 1. The SMILES string of the molecule is COc1ccc(NCc2cc(Br)c(C)s2)cn1. The van der Waals surface area contributed by atoms with Gasteiger partial charge in [-0.25, -0.2) is 4.98 Å². The van der Waals surface area contributed by atoms with Gasteiger partial charge in [-0.05, 0) is 35.0 Å². The molecule has 0 aliphatic heterocycles. The van der Waals surface area contributed by atoms with E-state index in [-0.39, 0.29) is 0 Å². The highest BCUT2D eigenvalue weighted by Gasteiger charge is 2.02. The summed E-state index contributed by atoms with van der Waals surface area (Å²) in [6.07, 6.45) is 1.77. The molecule has 0 spiro atoms. The van der Waals surface area contributed by atoms with Gasteiger partial charge in [0, 0.05) is 26.8 Å². The summed E-state index contributed by atoms with van der Waals surface area (Å²) in [5, 5.41) is 3.32. The molecule has 0 bridgehead atoms. The van der Waals surface area contributed by atoms with E-state index in [4.69, 9.17) is 4.74 Å². The minimum Gasteiger partial charge on any atom is -0.481 e. The van der Waals surface area contributed by atoms with E-state index in [2.05, 4.69) is 39.2 Å². The van der Waals surface area contributed by atoms with Gasteiger partial charge < -0.3 is 10.1 Å². The molecule has 0 aliphatic rings. The van der Waals surface area contributed by atoms with Gasteiger partial charge in [0.25, 0.3) is 0 Å². The fourth-order valence-corrected chi connectivity index (χ4v) is 2.94. The first kappa shape index (κ1) is 12.4. The molecular formula is C12H13BrN2OS. The van der Waals surface area contributed by atoms with Crippen LogP contribution in [0.2, 0.25) is 0 Å². The normalized spacial score (nSPS) is 10.3. The van der Waals surface area contributed by atoms with Gasteiger partial charge in [0.2, 0.25) is 5.88 Å². The van der Waals surface area contributed by atoms with Crippen LogP contribution in [0.5, 0.6) is 5.88 Å². The van der Waals surface area contributed by atoms with E-state index in [0.29, 0.717) is 5.88 Å². The van der Waals surface area contributed by atoms with E-state index in [1.807, 2.05) is 12.1 Å². The first-order valence-electron chi connectivity index (χ1n) is 5.18. The molecule has 0 aromatic carbocycles. The number of halogens is 1. The average Bonchev–Trinajstić information content (AvgIpc) is 2.67. The molecule has 2 aromatic heterocycles. The molecule has 0 saturated carbocycles. The molecule has 0 aliphatic carbocycles. The van der Waals surface area contributed by atoms with Crippen molar-refractivity contribution < 1.29 is 4.74 Å². The molecule has 2 aromatic rings. The third-order valence-corrected chi connectivity index (χ3v) is 4.46. The highest BCUT2D eigenvalue weighted by atomic mass is 79.9. The highest BCUT2D eigenvalue weighted by molar-refractivity contribution is 9.10. The van der Waals surface area contributed by atoms with Crippen LogP contribution < -0.4 is 10.1 Å². The number of nitrogens with one attached hydrogen (secondary N) is 1. The maximum absolute atomic E-state index is 5.01. The lowest BCUT2D eigenvalue weighted by Gasteiger charge is -2.04. The lowest BCUT2D eigenvalue weighted by molar-refractivity contribution is 0.398. The monoisotopic (exact) mass is 312 g/mol. The van der Waals surface area contributed by atoms with Crippen molar-refractivity contribution in [2.45, 2.75) is 13.5 Å². The molecule has 0 amide bonds.